The summed E-state index contributed by atoms with van der Waals surface area (Å²) in [6, 6.07) is 116. The summed E-state index contributed by atoms with van der Waals surface area (Å²) in [7, 11) is -12.0. The summed E-state index contributed by atoms with van der Waals surface area (Å²) in [5, 5.41) is 15.9. The lowest BCUT2D eigenvalue weighted by molar-refractivity contribution is 1.17. The van der Waals surface area contributed by atoms with Crippen molar-refractivity contribution < 1.29 is 0 Å². The third-order valence-corrected chi connectivity index (χ3v) is 97.1. The molecule has 0 amide bonds. The molecule has 0 N–H and O–H groups in total. The third kappa shape index (κ3) is 5.77. The number of benzene rings is 11. The number of hydrogen-bond donors (Lipinski definition) is 0. The van der Waals surface area contributed by atoms with Crippen molar-refractivity contribution in [3.8, 4) is 11.4 Å². The Kier molecular flexibility index (Phi) is 10.2. The molecule has 0 spiro atoms. The van der Waals surface area contributed by atoms with Crippen LogP contribution in [0.4, 0.5) is 0 Å². The molecule has 11 aromatic carbocycles. The summed E-state index contributed by atoms with van der Waals surface area (Å²) in [4.78, 5) is 0. The smallest absolute Gasteiger partial charge is 0.120 e. The Hall–Kier alpha value is -8.11. The van der Waals surface area contributed by atoms with E-state index in [1.54, 1.807) is 31.1 Å². The maximum absolute atomic E-state index is 3.19. The Morgan fingerprint density at radius 2 is 0.521 bits per heavy atom. The van der Waals surface area contributed by atoms with Gasteiger partial charge in [-0.3, -0.25) is 0 Å². The number of nitrogens with zero attached hydrogens (tertiary/aromatic N) is 2. The molecule has 0 atom stereocenters. The maximum atomic E-state index is 2.88. The van der Waals surface area contributed by atoms with E-state index in [1.807, 2.05) is 0 Å². The predicted octanol–water partition coefficient (Wildman–Crippen LogP) is 11.3. The van der Waals surface area contributed by atoms with Crippen molar-refractivity contribution in [3.63, 3.8) is 0 Å². The minimum absolute atomic E-state index is 1.17. The summed E-state index contributed by atoms with van der Waals surface area (Å²) in [6.45, 7) is 2.88. The van der Waals surface area contributed by atoms with Gasteiger partial charge in [-0.05, 0) is 48.5 Å². The van der Waals surface area contributed by atoms with Gasteiger partial charge in [-0.25, -0.2) is 0 Å². The second kappa shape index (κ2) is 17.0. The lowest BCUT2D eigenvalue weighted by atomic mass is 10.1. The molecule has 1 aliphatic heterocycles. The molecule has 346 valence electrons. The Labute approximate surface area is 429 Å². The first-order valence-electron chi connectivity index (χ1n) is 25.6. The number of aromatic nitrogens is 2. The first-order chi connectivity index (χ1) is 36.1. The molecule has 73 heavy (non-hydrogen) atoms. The highest BCUT2D eigenvalue weighted by Crippen LogP contribution is 2.51. The molecule has 0 aliphatic carbocycles. The van der Waals surface area contributed by atoms with Crippen LogP contribution in [0.5, 0.6) is 0 Å². The van der Waals surface area contributed by atoms with Crippen LogP contribution in [0.25, 0.3) is 55.0 Å². The molecule has 2 aromatic heterocycles. The standard InChI is InChI=1S/C67H52N2Si4/c1-70(53-28-8-2-9-29-53)71(54-30-10-3-11-31-54,55-32-12-4-13-33-55)73(58-38-18-7-19-39-58,72(70,56-34-14-5-15-35-56)57-36-16-6-17-37-57)59-40-26-27-51(49-59)68-66-46-25-22-43-62(66)63-50-52(47-48-67(63)68)69-64-44-23-20-41-60(64)61-42-21-24-45-65(61)69/h2-50H,1H3. The van der Waals surface area contributed by atoms with E-state index >= 15 is 0 Å². The summed E-state index contributed by atoms with van der Waals surface area (Å²) < 4.78 is 5.02. The topological polar surface area (TPSA) is 9.86 Å². The summed E-state index contributed by atoms with van der Waals surface area (Å²) in [5.41, 5.74) is 7.23. The van der Waals surface area contributed by atoms with Gasteiger partial charge in [-0.2, -0.15) is 0 Å². The Morgan fingerprint density at radius 1 is 0.219 bits per heavy atom. The SMILES string of the molecule is C[Si]1(c2ccccc2)[Si](c2ccccc2)(c2ccccc2)[Si](c2ccccc2)(c2cccc(-n3c4ccccc4c4cc(-n5c6ccccc6c6ccccc65)ccc43)c2)[Si]1(c1ccccc1)c1ccccc1. The van der Waals surface area contributed by atoms with Gasteiger partial charge < -0.3 is 9.13 Å². The van der Waals surface area contributed by atoms with Crippen molar-refractivity contribution in [2.45, 2.75) is 6.55 Å². The van der Waals surface area contributed by atoms with Crippen LogP contribution in [0.15, 0.2) is 297 Å². The van der Waals surface area contributed by atoms with Crippen LogP contribution in [0, 0.1) is 0 Å². The molecular weight excluding hydrogens is 945 g/mol. The van der Waals surface area contributed by atoms with E-state index in [4.69, 9.17) is 0 Å². The van der Waals surface area contributed by atoms with Crippen molar-refractivity contribution in [1.29, 1.82) is 0 Å². The molecule has 0 radical (unpaired) electrons. The van der Waals surface area contributed by atoms with E-state index in [1.165, 1.54) is 60.2 Å². The number of para-hydroxylation sites is 3. The number of fused-ring (bicyclic) bond motifs is 6. The zero-order valence-corrected chi connectivity index (χ0v) is 44.7. The lowest BCUT2D eigenvalue weighted by Crippen LogP contribution is -3.23. The van der Waals surface area contributed by atoms with Gasteiger partial charge in [0.15, 0.2) is 0 Å². The van der Waals surface area contributed by atoms with Crippen LogP contribution in [0.1, 0.15) is 0 Å². The van der Waals surface area contributed by atoms with E-state index in [9.17, 15) is 0 Å². The van der Waals surface area contributed by atoms with E-state index in [0.717, 1.165) is 0 Å². The quantitative estimate of drug-likeness (QED) is 0.128. The minimum Gasteiger partial charge on any atom is -0.309 e. The van der Waals surface area contributed by atoms with Gasteiger partial charge in [0, 0.05) is 32.9 Å². The Balaban J connectivity index is 1.14. The molecule has 1 saturated heterocycles. The minimum atomic E-state index is -3.19. The normalized spacial score (nSPS) is 18.0. The van der Waals surface area contributed by atoms with E-state index in [2.05, 4.69) is 313 Å². The Morgan fingerprint density at radius 3 is 0.932 bits per heavy atom. The van der Waals surface area contributed by atoms with Crippen LogP contribution in [-0.2, 0) is 0 Å². The highest BCUT2D eigenvalue weighted by Gasteiger charge is 2.92. The largest absolute Gasteiger partial charge is 0.309 e. The van der Waals surface area contributed by atoms with Gasteiger partial charge in [-0.15, -0.1) is 0 Å². The summed E-state index contributed by atoms with van der Waals surface area (Å²) in [6.07, 6.45) is 0. The van der Waals surface area contributed by atoms with Gasteiger partial charge >= 0.3 is 0 Å². The van der Waals surface area contributed by atoms with Gasteiger partial charge in [0.1, 0.15) is 21.3 Å². The fraction of sp³-hybridized carbons (Fsp3) is 0.0149. The second-order valence-corrected chi connectivity index (χ2v) is 56.3. The maximum Gasteiger partial charge on any atom is 0.120 e. The highest BCUT2D eigenvalue weighted by atomic mass is 30.2. The van der Waals surface area contributed by atoms with Gasteiger partial charge in [0.25, 0.3) is 0 Å². The van der Waals surface area contributed by atoms with Crippen molar-refractivity contribution in [2.24, 2.45) is 0 Å². The fourth-order valence-electron chi connectivity index (χ4n) is 14.7. The molecule has 0 saturated carbocycles. The molecule has 0 unspecified atom stereocenters. The average Bonchev–Trinajstić information content (AvgIpc) is 3.99. The first kappa shape index (κ1) is 43.7. The molecule has 13 aromatic rings. The van der Waals surface area contributed by atoms with Crippen LogP contribution in [0.2, 0.25) is 6.55 Å². The highest BCUT2D eigenvalue weighted by molar-refractivity contribution is 8.25. The van der Waals surface area contributed by atoms with Crippen molar-refractivity contribution >= 4 is 108 Å². The molecule has 2 nitrogen and oxygen atoms in total. The predicted molar refractivity (Wildman–Crippen MR) is 320 cm³/mol. The molecule has 6 heteroatoms. The first-order valence-corrected chi connectivity index (χ1v) is 38.1. The fourth-order valence-corrected chi connectivity index (χ4v) is 139. The zero-order valence-electron chi connectivity index (χ0n) is 40.7. The van der Waals surface area contributed by atoms with Crippen LogP contribution < -0.4 is 36.3 Å². The zero-order chi connectivity index (χ0) is 48.6. The lowest BCUT2D eigenvalue weighted by Gasteiger charge is -2.78. The molecule has 14 rings (SSSR count). The molecule has 1 aliphatic rings. The molecular formula is C67H52N2Si4. The Bertz CT molecular complexity index is 3940. The number of hydrogen-bond acceptors (Lipinski definition) is 0. The monoisotopic (exact) mass is 996 g/mol. The third-order valence-electron chi connectivity index (χ3n) is 17.0. The van der Waals surface area contributed by atoms with Gasteiger partial charge in [-0.1, -0.05) is 292 Å². The number of rotatable bonds is 9. The van der Waals surface area contributed by atoms with Crippen LogP contribution in [-0.4, -0.2) is 37.6 Å². The van der Waals surface area contributed by atoms with Gasteiger partial charge in [0.05, 0.1) is 29.2 Å². The summed E-state index contributed by atoms with van der Waals surface area (Å²) >= 11 is 0. The van der Waals surface area contributed by atoms with E-state index in [-0.39, 0.29) is 0 Å². The molecule has 1 fully saturated rings. The molecule has 0 bridgehead atoms. The average molecular weight is 998 g/mol. The molecule has 3 heterocycles. The van der Waals surface area contributed by atoms with E-state index in [0.29, 0.717) is 0 Å². The van der Waals surface area contributed by atoms with Crippen molar-refractivity contribution in [1.82, 2.24) is 9.13 Å². The second-order valence-electron chi connectivity index (χ2n) is 20.0. The van der Waals surface area contributed by atoms with Crippen molar-refractivity contribution in [3.05, 3.63) is 297 Å². The van der Waals surface area contributed by atoms with E-state index < -0.39 is 28.4 Å². The van der Waals surface area contributed by atoms with Crippen LogP contribution in [0.3, 0.4) is 0 Å². The van der Waals surface area contributed by atoms with Gasteiger partial charge in [0.2, 0.25) is 0 Å². The van der Waals surface area contributed by atoms with Crippen molar-refractivity contribution in [2.75, 3.05) is 0 Å². The summed E-state index contributed by atoms with van der Waals surface area (Å²) in [5.74, 6) is 0. The van der Waals surface area contributed by atoms with Crippen LogP contribution >= 0.6 is 0 Å².